The van der Waals surface area contributed by atoms with Crippen LogP contribution in [0.15, 0.2) is 18.2 Å². The fraction of sp³-hybridized carbons (Fsp3) is 0.588. The number of nitrogens with zero attached hydrogens (tertiary/aromatic N) is 1. The highest BCUT2D eigenvalue weighted by Crippen LogP contribution is 2.27. The molecule has 0 N–H and O–H groups in total. The summed E-state index contributed by atoms with van der Waals surface area (Å²) in [6, 6.07) is 6.20. The molecule has 118 valence electrons. The summed E-state index contributed by atoms with van der Waals surface area (Å²) in [6.45, 7) is 9.24. The molecule has 0 unspecified atom stereocenters. The van der Waals surface area contributed by atoms with E-state index in [1.807, 2.05) is 13.8 Å². The Morgan fingerprint density at radius 1 is 1.24 bits per heavy atom. The Balaban J connectivity index is 3.10. The molecule has 4 heteroatoms. The third kappa shape index (κ3) is 5.01. The summed E-state index contributed by atoms with van der Waals surface area (Å²) in [5.74, 6) is -0.0808. The Hall–Kier alpha value is -1.06. The summed E-state index contributed by atoms with van der Waals surface area (Å²) in [6.07, 6.45) is 1.94. The molecule has 1 aromatic carbocycles. The van der Waals surface area contributed by atoms with E-state index in [0.29, 0.717) is 13.2 Å². The summed E-state index contributed by atoms with van der Waals surface area (Å²) in [7, 11) is 0. The van der Waals surface area contributed by atoms with Crippen molar-refractivity contribution < 1.29 is 9.53 Å². The number of ether oxygens (including phenoxy) is 1. The maximum Gasteiger partial charge on any atom is 0.242 e. The van der Waals surface area contributed by atoms with Crippen LogP contribution in [0.5, 0.6) is 0 Å². The molecule has 21 heavy (non-hydrogen) atoms. The smallest absolute Gasteiger partial charge is 0.242 e. The van der Waals surface area contributed by atoms with Crippen molar-refractivity contribution in [1.82, 2.24) is 0 Å². The average molecular weight is 312 g/mol. The second-order valence-electron chi connectivity index (χ2n) is 5.23. The number of amides is 1. The quantitative estimate of drug-likeness (QED) is 0.683. The fourth-order valence-electron chi connectivity index (χ4n) is 2.37. The molecule has 1 rings (SSSR count). The minimum Gasteiger partial charge on any atom is -0.377 e. The van der Waals surface area contributed by atoms with E-state index in [4.69, 9.17) is 16.3 Å². The number of hydrogen-bond acceptors (Lipinski definition) is 2. The van der Waals surface area contributed by atoms with Gasteiger partial charge >= 0.3 is 0 Å². The number of alkyl halides is 1. The number of hydrogen-bond donors (Lipinski definition) is 0. The summed E-state index contributed by atoms with van der Waals surface area (Å²) in [5, 5.41) is 0. The number of rotatable bonds is 8. The lowest BCUT2D eigenvalue weighted by Gasteiger charge is -2.27. The zero-order valence-electron chi connectivity index (χ0n) is 13.5. The second kappa shape index (κ2) is 9.06. The molecule has 3 nitrogen and oxygen atoms in total. The van der Waals surface area contributed by atoms with Crippen molar-refractivity contribution in [3.8, 4) is 0 Å². The molecule has 0 aliphatic rings. The van der Waals surface area contributed by atoms with Crippen LogP contribution in [0, 0.1) is 0 Å². The topological polar surface area (TPSA) is 29.5 Å². The number of aryl methyl sites for hydroxylation is 2. The lowest BCUT2D eigenvalue weighted by Crippen LogP contribution is -2.36. The molecule has 0 aromatic heterocycles. The minimum atomic E-state index is -0.0698. The number of para-hydroxylation sites is 1. The Labute approximate surface area is 133 Å². The SMILES string of the molecule is CCc1cccc(CC)c1N(CCOC(C)C)C(=O)CCl. The first-order chi connectivity index (χ1) is 10.0. The van der Waals surface area contributed by atoms with Gasteiger partial charge < -0.3 is 9.64 Å². The van der Waals surface area contributed by atoms with Gasteiger partial charge in [-0.1, -0.05) is 32.0 Å². The maximum atomic E-state index is 12.3. The number of carbonyl (C=O) groups is 1. The molecule has 0 saturated heterocycles. The van der Waals surface area contributed by atoms with E-state index in [-0.39, 0.29) is 17.9 Å². The van der Waals surface area contributed by atoms with Crippen molar-refractivity contribution in [2.45, 2.75) is 46.6 Å². The van der Waals surface area contributed by atoms with E-state index in [9.17, 15) is 4.79 Å². The van der Waals surface area contributed by atoms with Gasteiger partial charge in [0.15, 0.2) is 0 Å². The number of benzene rings is 1. The standard InChI is InChI=1S/C17H26ClNO2/c1-5-14-8-7-9-15(6-2)17(14)19(16(20)12-18)10-11-21-13(3)4/h7-9,13H,5-6,10-12H2,1-4H3. The zero-order valence-corrected chi connectivity index (χ0v) is 14.2. The maximum absolute atomic E-state index is 12.3. The molecule has 1 aromatic rings. The van der Waals surface area contributed by atoms with Crippen molar-refractivity contribution in [2.24, 2.45) is 0 Å². The van der Waals surface area contributed by atoms with Crippen LogP contribution in [-0.2, 0) is 22.4 Å². The molecule has 0 spiro atoms. The molecule has 1 amide bonds. The first kappa shape index (κ1) is 18.0. The third-order valence-corrected chi connectivity index (χ3v) is 3.64. The van der Waals surface area contributed by atoms with Crippen molar-refractivity contribution in [2.75, 3.05) is 23.9 Å². The predicted octanol–water partition coefficient (Wildman–Crippen LogP) is 3.81. The van der Waals surface area contributed by atoms with E-state index in [0.717, 1.165) is 18.5 Å². The Morgan fingerprint density at radius 3 is 2.24 bits per heavy atom. The first-order valence-corrected chi connectivity index (χ1v) is 8.17. The van der Waals surface area contributed by atoms with Gasteiger partial charge in [-0.05, 0) is 37.8 Å². The van der Waals surface area contributed by atoms with Crippen molar-refractivity contribution in [3.05, 3.63) is 29.3 Å². The molecule has 0 heterocycles. The van der Waals surface area contributed by atoms with E-state index in [1.165, 1.54) is 11.1 Å². The van der Waals surface area contributed by atoms with E-state index in [2.05, 4.69) is 32.0 Å². The Kier molecular flexibility index (Phi) is 7.76. The highest BCUT2D eigenvalue weighted by atomic mass is 35.5. The largest absolute Gasteiger partial charge is 0.377 e. The number of anilines is 1. The zero-order chi connectivity index (χ0) is 15.8. The van der Waals surface area contributed by atoms with Gasteiger partial charge in [0.05, 0.1) is 18.4 Å². The van der Waals surface area contributed by atoms with Gasteiger partial charge in [-0.3, -0.25) is 4.79 Å². The molecular formula is C17H26ClNO2. The fourth-order valence-corrected chi connectivity index (χ4v) is 2.52. The average Bonchev–Trinajstić information content (AvgIpc) is 2.49. The molecule has 0 aliphatic heterocycles. The molecule has 0 aliphatic carbocycles. The number of halogens is 1. The Morgan fingerprint density at radius 2 is 1.81 bits per heavy atom. The summed E-state index contributed by atoms with van der Waals surface area (Å²) < 4.78 is 5.60. The van der Waals surface area contributed by atoms with Gasteiger partial charge in [-0.15, -0.1) is 11.6 Å². The Bertz CT molecular complexity index is 438. The van der Waals surface area contributed by atoms with Crippen LogP contribution in [0.1, 0.15) is 38.8 Å². The number of carbonyl (C=O) groups excluding carboxylic acids is 1. The van der Waals surface area contributed by atoms with Crippen LogP contribution in [0.2, 0.25) is 0 Å². The van der Waals surface area contributed by atoms with Crippen molar-refractivity contribution in [3.63, 3.8) is 0 Å². The van der Waals surface area contributed by atoms with E-state index < -0.39 is 0 Å². The lowest BCUT2D eigenvalue weighted by atomic mass is 10.0. The van der Waals surface area contributed by atoms with Crippen LogP contribution >= 0.6 is 11.6 Å². The molecule has 0 saturated carbocycles. The van der Waals surface area contributed by atoms with Gasteiger partial charge in [0.1, 0.15) is 5.88 Å². The highest BCUT2D eigenvalue weighted by Gasteiger charge is 2.20. The highest BCUT2D eigenvalue weighted by molar-refractivity contribution is 6.29. The van der Waals surface area contributed by atoms with Gasteiger partial charge in [0, 0.05) is 6.54 Å². The summed E-state index contributed by atoms with van der Waals surface area (Å²) in [4.78, 5) is 14.0. The summed E-state index contributed by atoms with van der Waals surface area (Å²) in [5.41, 5.74) is 3.37. The van der Waals surface area contributed by atoms with Gasteiger partial charge in [0.25, 0.3) is 0 Å². The molecular weight excluding hydrogens is 286 g/mol. The molecule has 0 radical (unpaired) electrons. The van der Waals surface area contributed by atoms with Crippen molar-refractivity contribution >= 4 is 23.2 Å². The lowest BCUT2D eigenvalue weighted by molar-refractivity contribution is -0.116. The van der Waals surface area contributed by atoms with Crippen LogP contribution in [-0.4, -0.2) is 31.0 Å². The first-order valence-electron chi connectivity index (χ1n) is 7.63. The molecule has 0 fully saturated rings. The van der Waals surface area contributed by atoms with E-state index >= 15 is 0 Å². The monoisotopic (exact) mass is 311 g/mol. The third-order valence-electron chi connectivity index (χ3n) is 3.42. The summed E-state index contributed by atoms with van der Waals surface area (Å²) >= 11 is 5.80. The second-order valence-corrected chi connectivity index (χ2v) is 5.50. The van der Waals surface area contributed by atoms with Gasteiger partial charge in [-0.2, -0.15) is 0 Å². The normalized spacial score (nSPS) is 11.0. The predicted molar refractivity (Wildman–Crippen MR) is 89.4 cm³/mol. The van der Waals surface area contributed by atoms with Gasteiger partial charge in [0.2, 0.25) is 5.91 Å². The van der Waals surface area contributed by atoms with Gasteiger partial charge in [-0.25, -0.2) is 0 Å². The van der Waals surface area contributed by atoms with Crippen LogP contribution in [0.3, 0.4) is 0 Å². The van der Waals surface area contributed by atoms with Crippen LogP contribution in [0.4, 0.5) is 5.69 Å². The van der Waals surface area contributed by atoms with Crippen LogP contribution < -0.4 is 4.90 Å². The molecule has 0 bridgehead atoms. The minimum absolute atomic E-state index is 0.0110. The molecule has 0 atom stereocenters. The van der Waals surface area contributed by atoms with Crippen molar-refractivity contribution in [1.29, 1.82) is 0 Å². The van der Waals surface area contributed by atoms with E-state index in [1.54, 1.807) is 4.90 Å². The van der Waals surface area contributed by atoms with Crippen LogP contribution in [0.25, 0.3) is 0 Å².